The fourth-order valence-electron chi connectivity index (χ4n) is 0. The van der Waals surface area contributed by atoms with Crippen molar-refractivity contribution in [2.45, 2.75) is 2.74 Å². The molecule has 0 aliphatic rings. The molecule has 0 saturated carbocycles. The van der Waals surface area contributed by atoms with Crippen LogP contribution >= 0.6 is 50.5 Å². The monoisotopic (exact) mass is 184 g/mol. The van der Waals surface area contributed by atoms with E-state index in [4.69, 9.17) is 0 Å². The van der Waals surface area contributed by atoms with Gasteiger partial charge in [0.25, 0.3) is 0 Å². The molecule has 0 rings (SSSR count). The Morgan fingerprint density at radius 2 is 1.00 bits per heavy atom. The van der Waals surface area contributed by atoms with E-state index in [0.717, 1.165) is 0 Å². The van der Waals surface area contributed by atoms with Gasteiger partial charge in [0, 0.05) is 0 Å². The summed E-state index contributed by atoms with van der Waals surface area (Å²) in [5, 5.41) is 0. The number of rotatable bonds is 0. The zero-order chi connectivity index (χ0) is 4.50. The second kappa shape index (κ2) is 4.87. The summed E-state index contributed by atoms with van der Waals surface area (Å²) >= 11 is 14.9. The Bertz CT molecular complexity index is 27.2. The Balaban J connectivity index is -0.0000000800. The van der Waals surface area contributed by atoms with E-state index in [1.807, 2.05) is 0 Å². The van der Waals surface area contributed by atoms with Gasteiger partial charge in [0.1, 0.15) is 2.74 Å². The Hall–Kier alpha value is 3.04. The minimum Gasteiger partial charge on any atom is -1.00 e. The molecule has 0 spiro atoms. The summed E-state index contributed by atoms with van der Waals surface area (Å²) in [5.41, 5.74) is 0. The molecule has 0 N–H and O–H groups in total. The van der Waals surface area contributed by atoms with Crippen LogP contribution in [0.4, 0.5) is 0 Å². The van der Waals surface area contributed by atoms with Gasteiger partial charge in [-0.1, -0.05) is 0 Å². The topological polar surface area (TPSA) is 0 Å². The van der Waals surface area contributed by atoms with Crippen LogP contribution in [0.2, 0.25) is 0 Å². The van der Waals surface area contributed by atoms with Crippen LogP contribution in [0.5, 0.6) is 0 Å². The summed E-state index contributed by atoms with van der Waals surface area (Å²) < 4.78 is -0.722. The van der Waals surface area contributed by atoms with Gasteiger partial charge >= 0.3 is 51.4 Å². The van der Waals surface area contributed by atoms with Gasteiger partial charge in [-0.2, -0.15) is 0 Å². The van der Waals surface area contributed by atoms with Gasteiger partial charge in [0.05, 0.1) is 0 Å². The van der Waals surface area contributed by atoms with Crippen molar-refractivity contribution >= 4 is 50.5 Å². The van der Waals surface area contributed by atoms with Crippen molar-refractivity contribution in [3.63, 3.8) is 0 Å². The fourth-order valence-corrected chi connectivity index (χ4v) is 0. The minimum atomic E-state index is -0.722. The van der Waals surface area contributed by atoms with Gasteiger partial charge in [-0.15, -0.1) is 50.5 Å². The molecular weight excluding hydrogens is 179 g/mol. The molecule has 6 heavy (non-hydrogen) atoms. The molecule has 0 unspecified atom stereocenters. The molecule has 5 heteroatoms. The predicted octanol–water partition coefficient (Wildman–Crippen LogP) is -1.57. The van der Waals surface area contributed by atoms with Crippen molar-refractivity contribution in [1.82, 2.24) is 0 Å². The van der Waals surface area contributed by atoms with E-state index in [-0.39, 0.29) is 52.8 Å². The maximum atomic E-state index is 3.72. The molecule has 0 fully saturated rings. The third kappa shape index (κ3) is 27.8. The summed E-state index contributed by atoms with van der Waals surface area (Å²) in [6.45, 7) is 0. The van der Waals surface area contributed by atoms with Crippen molar-refractivity contribution in [1.29, 1.82) is 0 Å². The molecule has 0 atom stereocenters. The minimum absolute atomic E-state index is 0. The Morgan fingerprint density at radius 3 is 1.00 bits per heavy atom. The first-order chi connectivity index (χ1) is 2.00. The standard InChI is InChI=1S/CH4S4.K.H/c2-1(3,4)5;;/h2-5H;;/q;+1;-1. The largest absolute Gasteiger partial charge is 1.00 e. The van der Waals surface area contributed by atoms with E-state index >= 15 is 0 Å². The Morgan fingerprint density at radius 1 is 1.00 bits per heavy atom. The van der Waals surface area contributed by atoms with Crippen LogP contribution < -0.4 is 51.4 Å². The molecular formula is CH5KS4. The average Bonchev–Trinajstić information content (AvgIpc) is 0.722. The summed E-state index contributed by atoms with van der Waals surface area (Å²) in [6, 6.07) is 0. The van der Waals surface area contributed by atoms with Crippen LogP contribution in [0, 0.1) is 0 Å². The molecule has 0 nitrogen and oxygen atoms in total. The van der Waals surface area contributed by atoms with Crippen LogP contribution in [0.3, 0.4) is 0 Å². The predicted molar refractivity (Wildman–Crippen MR) is 39.8 cm³/mol. The summed E-state index contributed by atoms with van der Waals surface area (Å²) in [6.07, 6.45) is 0. The molecule has 0 aliphatic heterocycles. The Kier molecular flexibility index (Phi) is 9.57. The van der Waals surface area contributed by atoms with Gasteiger partial charge in [-0.3, -0.25) is 0 Å². The number of hydrogen-bond donors (Lipinski definition) is 4. The van der Waals surface area contributed by atoms with Gasteiger partial charge in [0.2, 0.25) is 0 Å². The molecule has 0 aromatic heterocycles. The molecule has 0 radical (unpaired) electrons. The molecule has 0 bridgehead atoms. The normalized spacial score (nSPS) is 10.0. The molecule has 0 heterocycles. The summed E-state index contributed by atoms with van der Waals surface area (Å²) in [5.74, 6) is 0. The van der Waals surface area contributed by atoms with Gasteiger partial charge in [0.15, 0.2) is 0 Å². The Labute approximate surface area is 104 Å². The van der Waals surface area contributed by atoms with Crippen molar-refractivity contribution in [2.75, 3.05) is 0 Å². The van der Waals surface area contributed by atoms with Gasteiger partial charge in [-0.05, 0) is 0 Å². The van der Waals surface area contributed by atoms with Gasteiger partial charge in [-0.25, -0.2) is 0 Å². The summed E-state index contributed by atoms with van der Waals surface area (Å²) in [7, 11) is 0. The van der Waals surface area contributed by atoms with E-state index < -0.39 is 2.74 Å². The maximum absolute atomic E-state index is 3.72. The van der Waals surface area contributed by atoms with E-state index in [0.29, 0.717) is 0 Å². The van der Waals surface area contributed by atoms with Crippen LogP contribution in [0.25, 0.3) is 0 Å². The molecule has 0 aromatic rings. The third-order valence-corrected chi connectivity index (χ3v) is 0. The zero-order valence-corrected chi connectivity index (χ0v) is 9.99. The SMILES string of the molecule is SC(S)(S)S.[H-].[K+]. The van der Waals surface area contributed by atoms with Crippen molar-refractivity contribution < 1.29 is 52.8 Å². The van der Waals surface area contributed by atoms with Crippen molar-refractivity contribution in [3.05, 3.63) is 0 Å². The average molecular weight is 184 g/mol. The van der Waals surface area contributed by atoms with E-state index in [9.17, 15) is 0 Å². The van der Waals surface area contributed by atoms with Crippen LogP contribution in [-0.2, 0) is 0 Å². The number of thiol groups is 4. The molecule has 0 amide bonds. The smallest absolute Gasteiger partial charge is 1.00 e. The fraction of sp³-hybridized carbons (Fsp3) is 1.00. The first-order valence-electron chi connectivity index (χ1n) is 0.894. The first-order valence-corrected chi connectivity index (χ1v) is 2.68. The summed E-state index contributed by atoms with van der Waals surface area (Å²) in [4.78, 5) is 0. The van der Waals surface area contributed by atoms with Gasteiger partial charge < -0.3 is 1.43 Å². The van der Waals surface area contributed by atoms with Crippen LogP contribution in [-0.4, -0.2) is 2.74 Å². The number of hydrogen-bond acceptors (Lipinski definition) is 4. The molecule has 0 aromatic carbocycles. The van der Waals surface area contributed by atoms with Crippen LogP contribution in [0.15, 0.2) is 0 Å². The zero-order valence-electron chi connectivity index (χ0n) is 4.29. The molecule has 0 aliphatic carbocycles. The second-order valence-corrected chi connectivity index (χ2v) is 5.40. The van der Waals surface area contributed by atoms with Crippen molar-refractivity contribution in [2.24, 2.45) is 0 Å². The molecule has 0 saturated heterocycles. The first kappa shape index (κ1) is 11.8. The van der Waals surface area contributed by atoms with E-state index in [2.05, 4.69) is 50.5 Å². The maximum Gasteiger partial charge on any atom is 1.00 e. The quantitative estimate of drug-likeness (QED) is 0.195. The second-order valence-electron chi connectivity index (χ2n) is 0.600. The van der Waals surface area contributed by atoms with E-state index in [1.54, 1.807) is 0 Å². The van der Waals surface area contributed by atoms with E-state index in [1.165, 1.54) is 0 Å². The van der Waals surface area contributed by atoms with Crippen molar-refractivity contribution in [3.8, 4) is 0 Å². The van der Waals surface area contributed by atoms with Crippen LogP contribution in [0.1, 0.15) is 1.43 Å². The third-order valence-electron chi connectivity index (χ3n) is 0. The molecule has 34 valence electrons.